The topological polar surface area (TPSA) is 63.6 Å². The Hall–Kier alpha value is -1.42. The van der Waals surface area contributed by atoms with Gasteiger partial charge in [-0.25, -0.2) is 0 Å². The Kier molecular flexibility index (Phi) is 14.5. The minimum Gasteiger partial charge on any atom is -0.469 e. The van der Waals surface area contributed by atoms with E-state index in [1.165, 1.54) is 7.11 Å². The van der Waals surface area contributed by atoms with E-state index in [1.54, 1.807) is 0 Å². The third-order valence-corrected chi connectivity index (χ3v) is 3.62. The largest absolute Gasteiger partial charge is 0.469 e. The van der Waals surface area contributed by atoms with E-state index >= 15 is 0 Å². The number of rotatable bonds is 14. The van der Waals surface area contributed by atoms with Gasteiger partial charge in [-0.3, -0.25) is 9.59 Å². The van der Waals surface area contributed by atoms with E-state index in [0.29, 0.717) is 19.3 Å². The summed E-state index contributed by atoms with van der Waals surface area (Å²) in [4.78, 5) is 22.7. The first-order valence-electron chi connectivity index (χ1n) is 8.69. The highest BCUT2D eigenvalue weighted by Gasteiger charge is 2.12. The van der Waals surface area contributed by atoms with Crippen molar-refractivity contribution in [2.24, 2.45) is 0 Å². The molecule has 0 rings (SSSR count). The minimum absolute atomic E-state index is 0.105. The van der Waals surface area contributed by atoms with Crippen molar-refractivity contribution in [2.75, 3.05) is 7.11 Å². The number of carbonyl (C=O) groups is 2. The van der Waals surface area contributed by atoms with Crippen molar-refractivity contribution < 1.29 is 19.4 Å². The number of carbonyl (C=O) groups excluding carboxylic acids is 2. The molecule has 1 N–H and O–H groups in total. The minimum atomic E-state index is -0.846. The van der Waals surface area contributed by atoms with Gasteiger partial charge in [0, 0.05) is 12.8 Å². The summed E-state index contributed by atoms with van der Waals surface area (Å²) in [6, 6.07) is 0. The molecule has 4 heteroatoms. The SMILES string of the molecule is CC/C=C/C/C=C/CC(=O)C(O)CCCCCCCC(=O)OC. The van der Waals surface area contributed by atoms with Crippen molar-refractivity contribution in [3.8, 4) is 0 Å². The lowest BCUT2D eigenvalue weighted by Gasteiger charge is -2.08. The fourth-order valence-electron chi connectivity index (χ4n) is 2.17. The first-order valence-corrected chi connectivity index (χ1v) is 8.69. The highest BCUT2D eigenvalue weighted by molar-refractivity contribution is 5.84. The van der Waals surface area contributed by atoms with Crippen LogP contribution in [0.15, 0.2) is 24.3 Å². The monoisotopic (exact) mass is 324 g/mol. The molecule has 0 saturated heterocycles. The zero-order valence-corrected chi connectivity index (χ0v) is 14.6. The maximum Gasteiger partial charge on any atom is 0.305 e. The lowest BCUT2D eigenvalue weighted by Crippen LogP contribution is -2.19. The van der Waals surface area contributed by atoms with Crippen molar-refractivity contribution in [1.82, 2.24) is 0 Å². The highest BCUT2D eigenvalue weighted by Crippen LogP contribution is 2.10. The molecule has 0 spiro atoms. The molecule has 1 atom stereocenters. The Balaban J connectivity index is 3.57. The van der Waals surface area contributed by atoms with E-state index < -0.39 is 6.10 Å². The van der Waals surface area contributed by atoms with Gasteiger partial charge in [0.05, 0.1) is 7.11 Å². The molecule has 0 aliphatic carbocycles. The zero-order chi connectivity index (χ0) is 17.3. The van der Waals surface area contributed by atoms with Gasteiger partial charge < -0.3 is 9.84 Å². The van der Waals surface area contributed by atoms with Crippen LogP contribution >= 0.6 is 0 Å². The van der Waals surface area contributed by atoms with Crippen LogP contribution in [0.1, 0.15) is 71.1 Å². The molecule has 0 bridgehead atoms. The van der Waals surface area contributed by atoms with Crippen molar-refractivity contribution in [3.05, 3.63) is 24.3 Å². The van der Waals surface area contributed by atoms with Crippen LogP contribution < -0.4 is 0 Å². The molecular weight excluding hydrogens is 292 g/mol. The van der Waals surface area contributed by atoms with Gasteiger partial charge in [-0.1, -0.05) is 56.9 Å². The van der Waals surface area contributed by atoms with Gasteiger partial charge in [-0.2, -0.15) is 0 Å². The molecule has 0 aromatic carbocycles. The molecule has 0 aromatic heterocycles. The predicted molar refractivity (Wildman–Crippen MR) is 93.2 cm³/mol. The normalized spacial score (nSPS) is 12.8. The number of ketones is 1. The number of methoxy groups -OCH3 is 1. The molecule has 23 heavy (non-hydrogen) atoms. The lowest BCUT2D eigenvalue weighted by atomic mass is 10.0. The number of allylic oxidation sites excluding steroid dienone is 4. The smallest absolute Gasteiger partial charge is 0.305 e. The van der Waals surface area contributed by atoms with Gasteiger partial charge in [0.2, 0.25) is 0 Å². The molecule has 4 nitrogen and oxygen atoms in total. The van der Waals surface area contributed by atoms with Crippen LogP contribution in [-0.4, -0.2) is 30.1 Å². The predicted octanol–water partition coefficient (Wildman–Crippen LogP) is 4.12. The summed E-state index contributed by atoms with van der Waals surface area (Å²) in [6.45, 7) is 2.08. The van der Waals surface area contributed by atoms with Crippen LogP contribution in [-0.2, 0) is 14.3 Å². The molecule has 132 valence electrons. The number of aliphatic hydroxyl groups is 1. The summed E-state index contributed by atoms with van der Waals surface area (Å²) in [5.41, 5.74) is 0. The van der Waals surface area contributed by atoms with Gasteiger partial charge in [-0.05, 0) is 25.7 Å². The fraction of sp³-hybridized carbons (Fsp3) is 0.684. The third-order valence-electron chi connectivity index (χ3n) is 3.62. The number of unbranched alkanes of at least 4 members (excludes halogenated alkanes) is 4. The summed E-state index contributed by atoms with van der Waals surface area (Å²) >= 11 is 0. The molecule has 0 heterocycles. The Morgan fingerprint density at radius 3 is 2.35 bits per heavy atom. The second kappa shape index (κ2) is 15.5. The molecule has 0 amide bonds. The summed E-state index contributed by atoms with van der Waals surface area (Å²) in [5, 5.41) is 9.81. The van der Waals surface area contributed by atoms with Crippen LogP contribution in [0.2, 0.25) is 0 Å². The van der Waals surface area contributed by atoms with E-state index in [-0.39, 0.29) is 11.8 Å². The molecule has 0 aliphatic rings. The zero-order valence-electron chi connectivity index (χ0n) is 14.6. The van der Waals surface area contributed by atoms with Crippen LogP contribution in [0, 0.1) is 0 Å². The highest BCUT2D eigenvalue weighted by atomic mass is 16.5. The molecule has 0 radical (unpaired) electrons. The van der Waals surface area contributed by atoms with Gasteiger partial charge in [-0.15, -0.1) is 0 Å². The number of ether oxygens (including phenoxy) is 1. The summed E-state index contributed by atoms with van der Waals surface area (Å²) in [6.07, 6.45) is 14.9. The number of Topliss-reactive ketones (excluding diaryl/α,β-unsaturated/α-hetero) is 1. The standard InChI is InChI=1S/C19H32O4/c1-3-4-5-6-8-11-14-17(20)18(21)15-12-9-7-10-13-16-19(22)23-2/h4-5,8,11,18,21H,3,6-7,9-10,12-16H2,1-2H3/b5-4+,11-8+. The quantitative estimate of drug-likeness (QED) is 0.296. The summed E-state index contributed by atoms with van der Waals surface area (Å²) < 4.78 is 4.58. The Bertz CT molecular complexity index is 372. The van der Waals surface area contributed by atoms with Gasteiger partial charge in [0.25, 0.3) is 0 Å². The number of aliphatic hydroxyl groups excluding tert-OH is 1. The second-order valence-corrected chi connectivity index (χ2v) is 5.66. The number of esters is 1. The lowest BCUT2D eigenvalue weighted by molar-refractivity contribution is -0.140. The summed E-state index contributed by atoms with van der Waals surface area (Å²) in [5.74, 6) is -0.268. The van der Waals surface area contributed by atoms with Crippen LogP contribution in [0.3, 0.4) is 0 Å². The van der Waals surface area contributed by atoms with Crippen molar-refractivity contribution in [3.63, 3.8) is 0 Å². The average Bonchev–Trinajstić information content (AvgIpc) is 2.56. The van der Waals surface area contributed by atoms with Crippen molar-refractivity contribution in [1.29, 1.82) is 0 Å². The van der Waals surface area contributed by atoms with Crippen LogP contribution in [0.25, 0.3) is 0 Å². The first kappa shape index (κ1) is 21.6. The molecule has 1 unspecified atom stereocenters. The van der Waals surface area contributed by atoms with Crippen LogP contribution in [0.5, 0.6) is 0 Å². The van der Waals surface area contributed by atoms with E-state index in [0.717, 1.165) is 44.9 Å². The average molecular weight is 324 g/mol. The Labute approximate surface area is 140 Å². The molecule has 0 aliphatic heterocycles. The Morgan fingerprint density at radius 2 is 1.65 bits per heavy atom. The van der Waals surface area contributed by atoms with E-state index in [2.05, 4.69) is 23.8 Å². The maximum atomic E-state index is 11.7. The van der Waals surface area contributed by atoms with Crippen LogP contribution in [0.4, 0.5) is 0 Å². The number of hydrogen-bond acceptors (Lipinski definition) is 4. The number of hydrogen-bond donors (Lipinski definition) is 1. The Morgan fingerprint density at radius 1 is 1.00 bits per heavy atom. The maximum absolute atomic E-state index is 11.7. The molecule has 0 aromatic rings. The second-order valence-electron chi connectivity index (χ2n) is 5.66. The van der Waals surface area contributed by atoms with Crippen molar-refractivity contribution in [2.45, 2.75) is 77.2 Å². The first-order chi connectivity index (χ1) is 11.1. The summed E-state index contributed by atoms with van der Waals surface area (Å²) in [7, 11) is 1.40. The van der Waals surface area contributed by atoms with Gasteiger partial charge in [0.1, 0.15) is 6.10 Å². The van der Waals surface area contributed by atoms with E-state index in [4.69, 9.17) is 0 Å². The molecule has 0 fully saturated rings. The fourth-order valence-corrected chi connectivity index (χ4v) is 2.17. The molecular formula is C19H32O4. The van der Waals surface area contributed by atoms with Gasteiger partial charge in [0.15, 0.2) is 5.78 Å². The van der Waals surface area contributed by atoms with E-state index in [1.807, 2.05) is 12.2 Å². The third kappa shape index (κ3) is 13.9. The van der Waals surface area contributed by atoms with E-state index in [9.17, 15) is 14.7 Å². The van der Waals surface area contributed by atoms with Gasteiger partial charge >= 0.3 is 5.97 Å². The molecule has 0 saturated carbocycles. The van der Waals surface area contributed by atoms with Crippen molar-refractivity contribution >= 4 is 11.8 Å².